The van der Waals surface area contributed by atoms with E-state index < -0.39 is 11.9 Å². The Labute approximate surface area is 221 Å². The van der Waals surface area contributed by atoms with Crippen molar-refractivity contribution < 1.29 is 43.5 Å². The van der Waals surface area contributed by atoms with E-state index in [1.807, 2.05) is 30.3 Å². The van der Waals surface area contributed by atoms with Gasteiger partial charge in [-0.1, -0.05) is 18.2 Å². The Morgan fingerprint density at radius 3 is 2.32 bits per heavy atom. The topological polar surface area (TPSA) is 133 Å². The summed E-state index contributed by atoms with van der Waals surface area (Å²) in [6.07, 6.45) is 5.21. The van der Waals surface area contributed by atoms with Crippen molar-refractivity contribution in [1.82, 2.24) is 5.32 Å². The molecule has 3 aliphatic rings. The van der Waals surface area contributed by atoms with E-state index in [0.29, 0.717) is 38.2 Å². The summed E-state index contributed by atoms with van der Waals surface area (Å²) < 4.78 is 29.3. The quantitative estimate of drug-likeness (QED) is 0.436. The number of ether oxygens (including phenoxy) is 5. The fraction of sp³-hybridized carbons (Fsp3) is 0.429. The molecule has 1 fully saturated rings. The molecule has 0 spiro atoms. The van der Waals surface area contributed by atoms with E-state index in [0.717, 1.165) is 55.2 Å². The van der Waals surface area contributed by atoms with E-state index in [4.69, 9.17) is 33.9 Å². The van der Waals surface area contributed by atoms with Gasteiger partial charge in [-0.2, -0.15) is 0 Å². The average molecular weight is 528 g/mol. The number of carbonyl (C=O) groups is 2. The van der Waals surface area contributed by atoms with Gasteiger partial charge in [-0.3, -0.25) is 0 Å². The van der Waals surface area contributed by atoms with Gasteiger partial charge in [0.2, 0.25) is 6.79 Å². The van der Waals surface area contributed by atoms with Crippen LogP contribution < -0.4 is 24.3 Å². The molecule has 204 valence electrons. The third-order valence-corrected chi connectivity index (χ3v) is 6.68. The van der Waals surface area contributed by atoms with Crippen LogP contribution in [0.3, 0.4) is 0 Å². The molecule has 0 bridgehead atoms. The molecule has 3 N–H and O–H groups in total. The Morgan fingerprint density at radius 2 is 1.63 bits per heavy atom. The molecule has 10 nitrogen and oxygen atoms in total. The van der Waals surface area contributed by atoms with E-state index in [-0.39, 0.29) is 11.7 Å². The van der Waals surface area contributed by atoms with Gasteiger partial charge in [-0.15, -0.1) is 0 Å². The van der Waals surface area contributed by atoms with Crippen LogP contribution in [0.25, 0.3) is 0 Å². The lowest BCUT2D eigenvalue weighted by Gasteiger charge is -2.41. The molecule has 2 heterocycles. The Balaban J connectivity index is 0.000000368. The largest absolute Gasteiger partial charge is 0.486 e. The molecule has 2 aliphatic heterocycles. The van der Waals surface area contributed by atoms with Crippen LogP contribution in [-0.4, -0.2) is 60.8 Å². The average Bonchev–Trinajstić information content (AvgIpc) is 3.40. The van der Waals surface area contributed by atoms with E-state index in [9.17, 15) is 9.59 Å². The van der Waals surface area contributed by atoms with Gasteiger partial charge in [0, 0.05) is 31.3 Å². The number of carboxylic acids is 2. The second-order valence-electron chi connectivity index (χ2n) is 9.19. The van der Waals surface area contributed by atoms with E-state index in [1.54, 1.807) is 0 Å². The highest BCUT2D eigenvalue weighted by Crippen LogP contribution is 2.44. The molecule has 1 atom stereocenters. The Bertz CT molecular complexity index is 1120. The zero-order valence-electron chi connectivity index (χ0n) is 21.3. The van der Waals surface area contributed by atoms with Crippen molar-refractivity contribution in [1.29, 1.82) is 0 Å². The number of aliphatic carboxylic acids is 2. The summed E-state index contributed by atoms with van der Waals surface area (Å²) in [6.45, 7) is 4.42. The van der Waals surface area contributed by atoms with Crippen LogP contribution in [0.1, 0.15) is 38.2 Å². The fourth-order valence-corrected chi connectivity index (χ4v) is 4.87. The van der Waals surface area contributed by atoms with Crippen LogP contribution in [0, 0.1) is 0 Å². The van der Waals surface area contributed by atoms with Gasteiger partial charge in [0.1, 0.15) is 12.7 Å². The predicted octanol–water partition coefficient (Wildman–Crippen LogP) is 3.73. The van der Waals surface area contributed by atoms with Crippen LogP contribution in [0.2, 0.25) is 0 Å². The monoisotopic (exact) mass is 527 g/mol. The lowest BCUT2D eigenvalue weighted by molar-refractivity contribution is -0.134. The van der Waals surface area contributed by atoms with Crippen molar-refractivity contribution in [2.75, 3.05) is 26.6 Å². The first-order valence-corrected chi connectivity index (χ1v) is 12.7. The number of hydrogen-bond acceptors (Lipinski definition) is 8. The first-order chi connectivity index (χ1) is 18.4. The molecule has 38 heavy (non-hydrogen) atoms. The summed E-state index contributed by atoms with van der Waals surface area (Å²) in [6, 6.07) is 14.5. The maximum Gasteiger partial charge on any atom is 0.328 e. The zero-order chi connectivity index (χ0) is 27.0. The van der Waals surface area contributed by atoms with E-state index >= 15 is 0 Å². The van der Waals surface area contributed by atoms with Crippen LogP contribution >= 0.6 is 0 Å². The Hall–Kier alpha value is -3.76. The number of rotatable bonds is 8. The third-order valence-electron chi connectivity index (χ3n) is 6.68. The molecule has 0 aromatic heterocycles. The van der Waals surface area contributed by atoms with Gasteiger partial charge in [-0.05, 0) is 62.4 Å². The maximum atomic E-state index is 9.55. The molecular formula is C28H33NO9. The van der Waals surface area contributed by atoms with E-state index in [2.05, 4.69) is 24.4 Å². The Kier molecular flexibility index (Phi) is 9.09. The number of nitrogens with one attached hydrogen (secondary N) is 1. The van der Waals surface area contributed by atoms with Gasteiger partial charge in [0.05, 0.1) is 5.60 Å². The summed E-state index contributed by atoms with van der Waals surface area (Å²) in [7, 11) is 0. The van der Waals surface area contributed by atoms with Crippen molar-refractivity contribution in [3.63, 3.8) is 0 Å². The number of benzene rings is 2. The van der Waals surface area contributed by atoms with Gasteiger partial charge >= 0.3 is 11.9 Å². The minimum Gasteiger partial charge on any atom is -0.486 e. The highest BCUT2D eigenvalue weighted by Gasteiger charge is 2.38. The summed E-state index contributed by atoms with van der Waals surface area (Å²) in [5.41, 5.74) is 0.935. The molecule has 10 heteroatoms. The molecular weight excluding hydrogens is 494 g/mol. The van der Waals surface area contributed by atoms with Gasteiger partial charge in [0.15, 0.2) is 23.0 Å². The van der Waals surface area contributed by atoms with Gasteiger partial charge in [-0.25, -0.2) is 9.59 Å². The molecule has 5 rings (SSSR count). The molecule has 1 saturated carbocycles. The number of para-hydroxylation sites is 2. The highest BCUT2D eigenvalue weighted by atomic mass is 16.7. The molecule has 2 aromatic carbocycles. The van der Waals surface area contributed by atoms with Crippen LogP contribution in [-0.2, 0) is 19.9 Å². The minimum atomic E-state index is -1.26. The van der Waals surface area contributed by atoms with Crippen molar-refractivity contribution >= 4 is 11.9 Å². The molecule has 1 unspecified atom stereocenters. The van der Waals surface area contributed by atoms with Crippen molar-refractivity contribution in [2.24, 2.45) is 0 Å². The molecule has 2 aromatic rings. The summed E-state index contributed by atoms with van der Waals surface area (Å²) in [5.74, 6) is 0.785. The van der Waals surface area contributed by atoms with Crippen LogP contribution in [0.5, 0.6) is 23.0 Å². The minimum absolute atomic E-state index is 0.0346. The second kappa shape index (κ2) is 12.7. The smallest absolute Gasteiger partial charge is 0.328 e. The second-order valence-corrected chi connectivity index (χ2v) is 9.19. The lowest BCUT2D eigenvalue weighted by Crippen LogP contribution is -2.46. The summed E-state index contributed by atoms with van der Waals surface area (Å²) in [4.78, 5) is 19.1. The van der Waals surface area contributed by atoms with Gasteiger partial charge in [0.25, 0.3) is 0 Å². The first kappa shape index (κ1) is 27.3. The number of fused-ring (bicyclic) bond motifs is 2. The third kappa shape index (κ3) is 6.96. The lowest BCUT2D eigenvalue weighted by atomic mass is 9.77. The molecule has 0 saturated heterocycles. The number of hydrogen-bond donors (Lipinski definition) is 3. The zero-order valence-corrected chi connectivity index (χ0v) is 21.3. The molecule has 0 amide bonds. The summed E-state index contributed by atoms with van der Waals surface area (Å²) >= 11 is 0. The molecule has 1 aliphatic carbocycles. The standard InChI is InChI=1S/C24H29NO5.C4H4O4/c1-2-29-24(17-7-8-21-23(13-17)28-16-27-21)11-9-18(10-12-24)25-14-19-15-26-20-5-3-4-6-22(20)30-19;5-3(6)1-2-4(7)8/h3-8,13,18-19,25H,2,9-12,14-16H2,1H3;1-2H,(H,5,6)(H,7,8)/b;2-1+/t18-,19?,24+;. The highest BCUT2D eigenvalue weighted by molar-refractivity contribution is 5.89. The molecule has 0 radical (unpaired) electrons. The van der Waals surface area contributed by atoms with E-state index in [1.165, 1.54) is 5.56 Å². The number of carboxylic acid groups (broad SMARTS) is 2. The fourth-order valence-electron chi connectivity index (χ4n) is 4.87. The SMILES string of the molecule is CCO[C@]1(c2ccc3c(c2)OCO3)CC[C@H](NCC2COc3ccccc3O2)CC1.O=C(O)/C=C/C(=O)O. The normalized spacial score (nSPS) is 23.4. The Morgan fingerprint density at radius 1 is 0.974 bits per heavy atom. The first-order valence-electron chi connectivity index (χ1n) is 12.7. The van der Waals surface area contributed by atoms with Crippen molar-refractivity contribution in [3.8, 4) is 23.0 Å². The van der Waals surface area contributed by atoms with Crippen molar-refractivity contribution in [3.05, 3.63) is 60.2 Å². The van der Waals surface area contributed by atoms with Crippen molar-refractivity contribution in [2.45, 2.75) is 50.4 Å². The maximum absolute atomic E-state index is 9.55. The predicted molar refractivity (Wildman–Crippen MR) is 137 cm³/mol. The van der Waals surface area contributed by atoms with Gasteiger partial charge < -0.3 is 39.2 Å². The van der Waals surface area contributed by atoms with Crippen LogP contribution in [0.4, 0.5) is 0 Å². The summed E-state index contributed by atoms with van der Waals surface area (Å²) in [5, 5.41) is 19.3. The van der Waals surface area contributed by atoms with Crippen LogP contribution in [0.15, 0.2) is 54.6 Å².